The van der Waals surface area contributed by atoms with E-state index in [0.717, 1.165) is 0 Å². The van der Waals surface area contributed by atoms with E-state index in [1.165, 1.54) is 25.6 Å². The third-order valence-electron chi connectivity index (χ3n) is 4.59. The van der Waals surface area contributed by atoms with E-state index in [0.29, 0.717) is 33.5 Å². The molecule has 8 nitrogen and oxygen atoms in total. The highest BCUT2D eigenvalue weighted by molar-refractivity contribution is 7.89. The standard InChI is InChI=1S/C21H18N4O4S/c1-29-16-9-18-19(13-24-21(18)23-11-16)20(26)15-5-2-4-14(8-15)10-25-30(27,28)17-6-3-7-22-12-17/h2-9,11-13,25H,10H2,1H3,(H,23,24). The normalized spacial score (nSPS) is 11.5. The molecule has 4 rings (SSSR count). The van der Waals surface area contributed by atoms with Crippen LogP contribution < -0.4 is 9.46 Å². The number of carbonyl (C=O) groups is 1. The van der Waals surface area contributed by atoms with Gasteiger partial charge in [0, 0.05) is 41.6 Å². The third-order valence-corrected chi connectivity index (χ3v) is 5.97. The molecule has 1 aromatic carbocycles. The van der Waals surface area contributed by atoms with Crippen molar-refractivity contribution in [2.45, 2.75) is 11.4 Å². The summed E-state index contributed by atoms with van der Waals surface area (Å²) in [6.07, 6.45) is 5.96. The fourth-order valence-electron chi connectivity index (χ4n) is 3.03. The number of aromatic nitrogens is 3. The molecular weight excluding hydrogens is 404 g/mol. The monoisotopic (exact) mass is 422 g/mol. The Morgan fingerprint density at radius 1 is 1.17 bits per heavy atom. The van der Waals surface area contributed by atoms with Gasteiger partial charge in [-0.25, -0.2) is 18.1 Å². The number of methoxy groups -OCH3 is 1. The fourth-order valence-corrected chi connectivity index (χ4v) is 4.01. The number of ether oxygens (including phenoxy) is 1. The van der Waals surface area contributed by atoms with E-state index in [1.54, 1.807) is 48.8 Å². The molecule has 4 aromatic rings. The molecule has 0 bridgehead atoms. The Bertz CT molecular complexity index is 1320. The number of benzene rings is 1. The molecule has 30 heavy (non-hydrogen) atoms. The molecule has 3 aromatic heterocycles. The number of pyridine rings is 2. The summed E-state index contributed by atoms with van der Waals surface area (Å²) in [5, 5.41) is 0.655. The second kappa shape index (κ2) is 8.05. The smallest absolute Gasteiger partial charge is 0.242 e. The maximum atomic E-state index is 13.1. The first-order chi connectivity index (χ1) is 14.5. The number of ketones is 1. The highest BCUT2D eigenvalue weighted by atomic mass is 32.2. The van der Waals surface area contributed by atoms with Gasteiger partial charge in [-0.05, 0) is 29.8 Å². The van der Waals surface area contributed by atoms with Crippen molar-refractivity contribution in [1.82, 2.24) is 19.7 Å². The summed E-state index contributed by atoms with van der Waals surface area (Å²) < 4.78 is 32.5. The van der Waals surface area contributed by atoms with Crippen LogP contribution in [0.25, 0.3) is 11.0 Å². The van der Waals surface area contributed by atoms with Crippen molar-refractivity contribution in [3.05, 3.63) is 83.9 Å². The second-order valence-electron chi connectivity index (χ2n) is 6.52. The molecule has 9 heteroatoms. The van der Waals surface area contributed by atoms with Crippen LogP contribution >= 0.6 is 0 Å². The summed E-state index contributed by atoms with van der Waals surface area (Å²) in [5.74, 6) is 0.350. The zero-order valence-electron chi connectivity index (χ0n) is 16.0. The van der Waals surface area contributed by atoms with Crippen molar-refractivity contribution in [1.29, 1.82) is 0 Å². The van der Waals surface area contributed by atoms with E-state index in [2.05, 4.69) is 19.7 Å². The molecule has 0 spiro atoms. The van der Waals surface area contributed by atoms with Gasteiger partial charge < -0.3 is 9.72 Å². The Hall–Kier alpha value is -3.56. The number of carbonyl (C=O) groups excluding carboxylic acids is 1. The molecule has 0 amide bonds. The Labute approximate surface area is 173 Å². The lowest BCUT2D eigenvalue weighted by Crippen LogP contribution is -2.23. The number of aromatic amines is 1. The summed E-state index contributed by atoms with van der Waals surface area (Å²) >= 11 is 0. The molecule has 0 aliphatic rings. The number of sulfonamides is 1. The van der Waals surface area contributed by atoms with Crippen molar-refractivity contribution >= 4 is 26.8 Å². The molecule has 152 valence electrons. The van der Waals surface area contributed by atoms with Gasteiger partial charge >= 0.3 is 0 Å². The van der Waals surface area contributed by atoms with E-state index in [9.17, 15) is 13.2 Å². The Kier molecular flexibility index (Phi) is 5.30. The lowest BCUT2D eigenvalue weighted by atomic mass is 10.0. The Morgan fingerprint density at radius 3 is 2.80 bits per heavy atom. The molecule has 3 heterocycles. The Morgan fingerprint density at radius 2 is 2.03 bits per heavy atom. The minimum atomic E-state index is -3.70. The highest BCUT2D eigenvalue weighted by Crippen LogP contribution is 2.24. The molecule has 0 fully saturated rings. The van der Waals surface area contributed by atoms with Gasteiger partial charge in [-0.15, -0.1) is 0 Å². The molecule has 0 unspecified atom stereocenters. The van der Waals surface area contributed by atoms with Gasteiger partial charge in [0.25, 0.3) is 0 Å². The molecule has 0 saturated carbocycles. The lowest BCUT2D eigenvalue weighted by Gasteiger charge is -2.08. The molecule has 0 aliphatic heterocycles. The van der Waals surface area contributed by atoms with Gasteiger partial charge in [-0.3, -0.25) is 9.78 Å². The largest absolute Gasteiger partial charge is 0.495 e. The number of rotatable bonds is 7. The topological polar surface area (TPSA) is 114 Å². The second-order valence-corrected chi connectivity index (χ2v) is 8.28. The van der Waals surface area contributed by atoms with E-state index < -0.39 is 10.0 Å². The van der Waals surface area contributed by atoms with Crippen LogP contribution in [0.5, 0.6) is 5.75 Å². The van der Waals surface area contributed by atoms with E-state index in [1.807, 2.05) is 0 Å². The van der Waals surface area contributed by atoms with Crippen LogP contribution in [0, 0.1) is 0 Å². The van der Waals surface area contributed by atoms with Gasteiger partial charge in [0.1, 0.15) is 16.3 Å². The first-order valence-corrected chi connectivity index (χ1v) is 10.5. The van der Waals surface area contributed by atoms with Gasteiger partial charge in [0.05, 0.1) is 13.3 Å². The van der Waals surface area contributed by atoms with Crippen LogP contribution in [-0.2, 0) is 16.6 Å². The SMILES string of the molecule is COc1cnc2[nH]cc(C(=O)c3cccc(CNS(=O)(=O)c4cccnc4)c3)c2c1. The van der Waals surface area contributed by atoms with Crippen LogP contribution in [0.1, 0.15) is 21.5 Å². The van der Waals surface area contributed by atoms with Crippen molar-refractivity contribution in [2.24, 2.45) is 0 Å². The fraction of sp³-hybridized carbons (Fsp3) is 0.0952. The summed E-state index contributed by atoms with van der Waals surface area (Å²) in [6, 6.07) is 11.6. The number of nitrogens with zero attached hydrogens (tertiary/aromatic N) is 2. The zero-order chi connectivity index (χ0) is 21.1. The number of nitrogens with one attached hydrogen (secondary N) is 2. The molecule has 0 aliphatic carbocycles. The average molecular weight is 422 g/mol. The molecular formula is C21H18N4O4S. The van der Waals surface area contributed by atoms with Crippen LogP contribution in [0.4, 0.5) is 0 Å². The molecule has 0 saturated heterocycles. The van der Waals surface area contributed by atoms with Gasteiger partial charge in [-0.2, -0.15) is 0 Å². The maximum Gasteiger partial charge on any atom is 0.242 e. The van der Waals surface area contributed by atoms with Crippen molar-refractivity contribution < 1.29 is 17.9 Å². The minimum Gasteiger partial charge on any atom is -0.495 e. The number of hydrogen-bond donors (Lipinski definition) is 2. The predicted octanol–water partition coefficient (Wildman–Crippen LogP) is 2.68. The van der Waals surface area contributed by atoms with E-state index in [4.69, 9.17) is 4.74 Å². The van der Waals surface area contributed by atoms with Gasteiger partial charge in [0.15, 0.2) is 5.78 Å². The van der Waals surface area contributed by atoms with Gasteiger partial charge in [0.2, 0.25) is 10.0 Å². The van der Waals surface area contributed by atoms with Crippen molar-refractivity contribution in [3.8, 4) is 5.75 Å². The van der Waals surface area contributed by atoms with E-state index in [-0.39, 0.29) is 17.2 Å². The predicted molar refractivity (Wildman–Crippen MR) is 111 cm³/mol. The van der Waals surface area contributed by atoms with Crippen LogP contribution in [0.15, 0.2) is 72.1 Å². The minimum absolute atomic E-state index is 0.0433. The molecule has 0 atom stereocenters. The van der Waals surface area contributed by atoms with Crippen LogP contribution in [0.3, 0.4) is 0 Å². The van der Waals surface area contributed by atoms with Crippen LogP contribution in [0.2, 0.25) is 0 Å². The van der Waals surface area contributed by atoms with E-state index >= 15 is 0 Å². The summed E-state index contributed by atoms with van der Waals surface area (Å²) in [6.45, 7) is 0.0433. The summed E-state index contributed by atoms with van der Waals surface area (Å²) in [5.41, 5.74) is 2.14. The zero-order valence-corrected chi connectivity index (χ0v) is 16.8. The van der Waals surface area contributed by atoms with Crippen molar-refractivity contribution in [3.63, 3.8) is 0 Å². The Balaban J connectivity index is 1.57. The lowest BCUT2D eigenvalue weighted by molar-refractivity contribution is 0.104. The van der Waals surface area contributed by atoms with Gasteiger partial charge in [-0.1, -0.05) is 18.2 Å². The average Bonchev–Trinajstić information content (AvgIpc) is 3.21. The first-order valence-electron chi connectivity index (χ1n) is 9.02. The van der Waals surface area contributed by atoms with Crippen LogP contribution in [-0.4, -0.2) is 36.3 Å². The summed E-state index contributed by atoms with van der Waals surface area (Å²) in [4.78, 5) is 24.2. The number of H-pyrrole nitrogens is 1. The number of fused-ring (bicyclic) bond motifs is 1. The molecule has 2 N–H and O–H groups in total. The number of hydrogen-bond acceptors (Lipinski definition) is 6. The first kappa shape index (κ1) is 19.7. The quantitative estimate of drug-likeness (QED) is 0.443. The maximum absolute atomic E-state index is 13.1. The summed E-state index contributed by atoms with van der Waals surface area (Å²) in [7, 11) is -2.16. The van der Waals surface area contributed by atoms with Crippen molar-refractivity contribution in [2.75, 3.05) is 7.11 Å². The molecule has 0 radical (unpaired) electrons. The third kappa shape index (κ3) is 3.93. The highest BCUT2D eigenvalue weighted by Gasteiger charge is 2.17.